The summed E-state index contributed by atoms with van der Waals surface area (Å²) in [5.74, 6) is 7.45. The zero-order chi connectivity index (χ0) is 6.97. The lowest BCUT2D eigenvalue weighted by Gasteiger charge is -2.07. The normalized spacial score (nSPS) is 15.5. The Morgan fingerprint density at radius 3 is 2.90 bits per heavy atom. The van der Waals surface area contributed by atoms with Gasteiger partial charge >= 0.3 is 0 Å². The summed E-state index contributed by atoms with van der Waals surface area (Å²) in [6.45, 7) is 0.847. The van der Waals surface area contributed by atoms with Crippen LogP contribution in [0.15, 0.2) is 24.3 Å². The van der Waals surface area contributed by atoms with E-state index in [0.717, 1.165) is 18.7 Å². The van der Waals surface area contributed by atoms with Crippen LogP contribution in [0.5, 0.6) is 0 Å². The summed E-state index contributed by atoms with van der Waals surface area (Å²) < 4.78 is 0. The van der Waals surface area contributed by atoms with Crippen LogP contribution in [-0.2, 0) is 6.42 Å². The fourth-order valence-electron chi connectivity index (χ4n) is 1.34. The van der Waals surface area contributed by atoms with Gasteiger partial charge in [0.15, 0.2) is 0 Å². The predicted molar refractivity (Wildman–Crippen MR) is 40.6 cm³/mol. The molecule has 0 atom stereocenters. The number of nitrogens with one attached hydrogen (secondary N) is 1. The molecule has 1 aliphatic rings. The van der Waals surface area contributed by atoms with Crippen LogP contribution in [0.25, 0.3) is 0 Å². The molecular weight excluding hydrogens is 124 g/mol. The van der Waals surface area contributed by atoms with E-state index in [9.17, 15) is 0 Å². The number of benzene rings is 1. The van der Waals surface area contributed by atoms with Crippen LogP contribution in [0.3, 0.4) is 0 Å². The molecule has 1 heterocycles. The van der Waals surface area contributed by atoms with Crippen molar-refractivity contribution in [3.63, 3.8) is 0 Å². The Morgan fingerprint density at radius 1 is 1.30 bits per heavy atom. The lowest BCUT2D eigenvalue weighted by Crippen LogP contribution is -2.16. The van der Waals surface area contributed by atoms with Gasteiger partial charge in [-0.1, -0.05) is 18.2 Å². The van der Waals surface area contributed by atoms with Crippen LogP contribution in [0.2, 0.25) is 0 Å². The van der Waals surface area contributed by atoms with Crippen molar-refractivity contribution in [2.24, 2.45) is 0 Å². The first kappa shape index (κ1) is 5.74. The standard InChI is InChI=1S/C8H9N2/c9-10-6-5-7-3-1-2-4-8(7)10/h1-4,9H,5-6H2. The van der Waals surface area contributed by atoms with E-state index in [0.29, 0.717) is 0 Å². The molecule has 0 aliphatic carbocycles. The van der Waals surface area contributed by atoms with Gasteiger partial charge in [-0.15, -0.1) is 0 Å². The van der Waals surface area contributed by atoms with E-state index in [4.69, 9.17) is 5.84 Å². The van der Waals surface area contributed by atoms with Crippen LogP contribution in [0, 0.1) is 0 Å². The Bertz CT molecular complexity index is 245. The molecule has 1 aromatic rings. The second-order valence-corrected chi connectivity index (χ2v) is 2.53. The Labute approximate surface area is 60.2 Å². The molecule has 0 spiro atoms. The molecule has 1 N–H and O–H groups in total. The molecular formula is C8H9N2. The third-order valence-electron chi connectivity index (χ3n) is 1.89. The molecule has 0 amide bonds. The summed E-state index contributed by atoms with van der Waals surface area (Å²) in [4.78, 5) is 0. The summed E-state index contributed by atoms with van der Waals surface area (Å²) in [6.07, 6.45) is 1.03. The van der Waals surface area contributed by atoms with Crippen molar-refractivity contribution in [3.8, 4) is 0 Å². The van der Waals surface area contributed by atoms with Gasteiger partial charge in [-0.2, -0.15) is 5.84 Å². The van der Waals surface area contributed by atoms with Crippen LogP contribution < -0.4 is 10.9 Å². The molecule has 0 saturated carbocycles. The smallest absolute Gasteiger partial charge is 0.0566 e. The molecule has 1 aliphatic heterocycles. The zero-order valence-corrected chi connectivity index (χ0v) is 5.67. The molecule has 0 saturated heterocycles. The van der Waals surface area contributed by atoms with E-state index < -0.39 is 0 Å². The number of hydrogen-bond acceptors (Lipinski definition) is 1. The summed E-state index contributed by atoms with van der Waals surface area (Å²) >= 11 is 0. The fourth-order valence-corrected chi connectivity index (χ4v) is 1.34. The maximum absolute atomic E-state index is 7.45. The van der Waals surface area contributed by atoms with Crippen molar-refractivity contribution in [1.29, 1.82) is 0 Å². The largest absolute Gasteiger partial charge is 0.293 e. The average Bonchev–Trinajstić information content (AvgIpc) is 2.34. The quantitative estimate of drug-likeness (QED) is 0.523. The number of anilines is 1. The van der Waals surface area contributed by atoms with Crippen LogP contribution >= 0.6 is 0 Å². The Morgan fingerprint density at radius 2 is 2.10 bits per heavy atom. The number of hydrogen-bond donors (Lipinski definition) is 0. The second kappa shape index (κ2) is 1.99. The first-order valence-electron chi connectivity index (χ1n) is 3.44. The summed E-state index contributed by atoms with van der Waals surface area (Å²) in [7, 11) is 0. The monoisotopic (exact) mass is 133 g/mol. The molecule has 10 heavy (non-hydrogen) atoms. The summed E-state index contributed by atoms with van der Waals surface area (Å²) in [6, 6.07) is 8.09. The van der Waals surface area contributed by atoms with Gasteiger partial charge in [-0.05, 0) is 18.1 Å². The molecule has 2 rings (SSSR count). The Kier molecular flexibility index (Phi) is 1.14. The van der Waals surface area contributed by atoms with E-state index >= 15 is 0 Å². The van der Waals surface area contributed by atoms with Gasteiger partial charge in [0.25, 0.3) is 0 Å². The molecule has 0 unspecified atom stereocenters. The van der Waals surface area contributed by atoms with Gasteiger partial charge < -0.3 is 0 Å². The van der Waals surface area contributed by atoms with E-state index in [1.807, 2.05) is 18.2 Å². The van der Waals surface area contributed by atoms with E-state index in [1.54, 1.807) is 5.01 Å². The van der Waals surface area contributed by atoms with Gasteiger partial charge in [-0.25, -0.2) is 0 Å². The highest BCUT2D eigenvalue weighted by atomic mass is 15.4. The van der Waals surface area contributed by atoms with Gasteiger partial charge in [-0.3, -0.25) is 5.01 Å². The number of rotatable bonds is 0. The van der Waals surface area contributed by atoms with E-state index in [2.05, 4.69) is 6.07 Å². The molecule has 0 fully saturated rings. The first-order chi connectivity index (χ1) is 4.88. The SMILES string of the molecule is [NH]N1CCc2ccccc21. The number of para-hydroxylation sites is 1. The molecule has 0 aromatic heterocycles. The summed E-state index contributed by atoms with van der Waals surface area (Å²) in [5, 5.41) is 1.55. The number of fused-ring (bicyclic) bond motifs is 1. The van der Waals surface area contributed by atoms with Gasteiger partial charge in [0.2, 0.25) is 0 Å². The highest BCUT2D eigenvalue weighted by Crippen LogP contribution is 2.24. The minimum Gasteiger partial charge on any atom is -0.293 e. The predicted octanol–water partition coefficient (Wildman–Crippen LogP) is 1.25. The topological polar surface area (TPSA) is 27.0 Å². The zero-order valence-electron chi connectivity index (χ0n) is 5.67. The lowest BCUT2D eigenvalue weighted by atomic mass is 10.2. The molecule has 0 bridgehead atoms. The van der Waals surface area contributed by atoms with Gasteiger partial charge in [0.05, 0.1) is 5.69 Å². The van der Waals surface area contributed by atoms with Crippen molar-refractivity contribution in [2.75, 3.05) is 11.6 Å². The number of nitrogens with zero attached hydrogens (tertiary/aromatic N) is 1. The molecule has 51 valence electrons. The van der Waals surface area contributed by atoms with Crippen molar-refractivity contribution in [3.05, 3.63) is 29.8 Å². The van der Waals surface area contributed by atoms with Gasteiger partial charge in [0.1, 0.15) is 0 Å². The molecule has 2 nitrogen and oxygen atoms in total. The first-order valence-corrected chi connectivity index (χ1v) is 3.44. The molecule has 1 radical (unpaired) electrons. The third-order valence-corrected chi connectivity index (χ3v) is 1.89. The molecule has 2 heteroatoms. The van der Waals surface area contributed by atoms with E-state index in [-0.39, 0.29) is 0 Å². The van der Waals surface area contributed by atoms with Gasteiger partial charge in [0, 0.05) is 6.54 Å². The fraction of sp³-hybridized carbons (Fsp3) is 0.250. The van der Waals surface area contributed by atoms with Crippen molar-refractivity contribution in [2.45, 2.75) is 6.42 Å². The summed E-state index contributed by atoms with van der Waals surface area (Å²) in [5.41, 5.74) is 2.38. The maximum atomic E-state index is 7.45. The van der Waals surface area contributed by atoms with Crippen LogP contribution in [0.4, 0.5) is 5.69 Å². The minimum absolute atomic E-state index is 0.847. The van der Waals surface area contributed by atoms with Crippen molar-refractivity contribution in [1.82, 2.24) is 5.84 Å². The van der Waals surface area contributed by atoms with Crippen LogP contribution in [0.1, 0.15) is 5.56 Å². The van der Waals surface area contributed by atoms with Crippen LogP contribution in [-0.4, -0.2) is 6.54 Å². The third kappa shape index (κ3) is 0.693. The van der Waals surface area contributed by atoms with E-state index in [1.165, 1.54) is 5.56 Å². The average molecular weight is 133 g/mol. The lowest BCUT2D eigenvalue weighted by molar-refractivity contribution is 0.866. The molecule has 1 aromatic carbocycles. The Hall–Kier alpha value is -1.02. The Balaban J connectivity index is 2.51. The minimum atomic E-state index is 0.847. The van der Waals surface area contributed by atoms with Crippen molar-refractivity contribution >= 4 is 5.69 Å². The second-order valence-electron chi connectivity index (χ2n) is 2.53. The highest BCUT2D eigenvalue weighted by Gasteiger charge is 2.14. The maximum Gasteiger partial charge on any atom is 0.0566 e. The highest BCUT2D eigenvalue weighted by molar-refractivity contribution is 5.56. The van der Waals surface area contributed by atoms with Crippen molar-refractivity contribution < 1.29 is 0 Å².